The predicted molar refractivity (Wildman–Crippen MR) is 49.5 cm³/mol. The summed E-state index contributed by atoms with van der Waals surface area (Å²) in [4.78, 5) is 0. The first-order chi connectivity index (χ1) is 5.33. The summed E-state index contributed by atoms with van der Waals surface area (Å²) in [6.07, 6.45) is 9.52. The third kappa shape index (κ3) is 3.24. The van der Waals surface area contributed by atoms with Crippen LogP contribution in [0.5, 0.6) is 0 Å². The summed E-state index contributed by atoms with van der Waals surface area (Å²) >= 11 is 0. The maximum atomic E-state index is 5.91. The fourth-order valence-electron chi connectivity index (χ4n) is 1.75. The molecule has 1 atom stereocenters. The second-order valence-corrected chi connectivity index (χ2v) is 3.92. The van der Waals surface area contributed by atoms with Gasteiger partial charge in [-0.2, -0.15) is 0 Å². The van der Waals surface area contributed by atoms with Crippen molar-refractivity contribution in [2.45, 2.75) is 57.9 Å². The Labute approximate surface area is 70.4 Å². The molecule has 1 aliphatic carbocycles. The molecule has 1 heteroatoms. The van der Waals surface area contributed by atoms with Gasteiger partial charge in [0.2, 0.25) is 0 Å². The summed E-state index contributed by atoms with van der Waals surface area (Å²) in [5, 5.41) is 0. The molecule has 1 rings (SSSR count). The Hall–Kier alpha value is -0.0400. The van der Waals surface area contributed by atoms with Crippen LogP contribution in [0.15, 0.2) is 0 Å². The van der Waals surface area contributed by atoms with E-state index in [4.69, 9.17) is 5.73 Å². The highest BCUT2D eigenvalue weighted by Crippen LogP contribution is 2.30. The van der Waals surface area contributed by atoms with Gasteiger partial charge < -0.3 is 5.73 Å². The Bertz CT molecular complexity index is 97.0. The third-order valence-electron chi connectivity index (χ3n) is 2.83. The van der Waals surface area contributed by atoms with Gasteiger partial charge in [0.15, 0.2) is 0 Å². The van der Waals surface area contributed by atoms with Gasteiger partial charge in [0.05, 0.1) is 0 Å². The van der Waals surface area contributed by atoms with E-state index in [2.05, 4.69) is 6.92 Å². The van der Waals surface area contributed by atoms with Crippen LogP contribution in [0.4, 0.5) is 0 Å². The lowest BCUT2D eigenvalue weighted by Crippen LogP contribution is -2.22. The number of hydrogen-bond acceptors (Lipinski definition) is 1. The molecule has 0 amide bonds. The largest absolute Gasteiger partial charge is 0.328 e. The van der Waals surface area contributed by atoms with Crippen LogP contribution in [-0.2, 0) is 0 Å². The van der Waals surface area contributed by atoms with Crippen LogP contribution in [-0.4, -0.2) is 6.04 Å². The summed E-state index contributed by atoms with van der Waals surface area (Å²) in [5.41, 5.74) is 5.91. The summed E-state index contributed by atoms with van der Waals surface area (Å²) in [6, 6.07) is 0.487. The topological polar surface area (TPSA) is 26.0 Å². The van der Waals surface area contributed by atoms with Gasteiger partial charge in [0.1, 0.15) is 0 Å². The first-order valence-corrected chi connectivity index (χ1v) is 5.08. The summed E-state index contributed by atoms with van der Waals surface area (Å²) in [5.74, 6) is 1.04. The SMILES string of the molecule is CCCC(N)CCC1CCC1. The molecule has 66 valence electrons. The molecule has 0 aromatic rings. The van der Waals surface area contributed by atoms with Crippen molar-refractivity contribution in [3.8, 4) is 0 Å². The molecule has 2 N–H and O–H groups in total. The minimum absolute atomic E-state index is 0.487. The van der Waals surface area contributed by atoms with Crippen molar-refractivity contribution in [2.75, 3.05) is 0 Å². The van der Waals surface area contributed by atoms with Gasteiger partial charge in [-0.05, 0) is 25.2 Å². The molecular weight excluding hydrogens is 134 g/mol. The van der Waals surface area contributed by atoms with Gasteiger partial charge in [-0.15, -0.1) is 0 Å². The summed E-state index contributed by atoms with van der Waals surface area (Å²) < 4.78 is 0. The van der Waals surface area contributed by atoms with E-state index in [0.29, 0.717) is 6.04 Å². The standard InChI is InChI=1S/C10H21N/c1-2-4-10(11)8-7-9-5-3-6-9/h9-10H,2-8,11H2,1H3. The predicted octanol–water partition coefficient (Wildman–Crippen LogP) is 2.69. The van der Waals surface area contributed by atoms with Gasteiger partial charge >= 0.3 is 0 Å². The molecule has 11 heavy (non-hydrogen) atoms. The van der Waals surface area contributed by atoms with Crippen LogP contribution in [0.25, 0.3) is 0 Å². The molecule has 0 spiro atoms. The van der Waals surface area contributed by atoms with E-state index >= 15 is 0 Å². The first kappa shape index (κ1) is 9.05. The fourth-order valence-corrected chi connectivity index (χ4v) is 1.75. The molecular formula is C10H21N. The van der Waals surface area contributed by atoms with E-state index < -0.39 is 0 Å². The van der Waals surface area contributed by atoms with Crippen LogP contribution < -0.4 is 5.73 Å². The number of rotatable bonds is 5. The maximum absolute atomic E-state index is 5.91. The fraction of sp³-hybridized carbons (Fsp3) is 1.00. The van der Waals surface area contributed by atoms with Gasteiger partial charge in [-0.3, -0.25) is 0 Å². The molecule has 0 saturated heterocycles. The monoisotopic (exact) mass is 155 g/mol. The molecule has 0 aromatic carbocycles. The zero-order valence-corrected chi connectivity index (χ0v) is 7.68. The third-order valence-corrected chi connectivity index (χ3v) is 2.83. The second kappa shape index (κ2) is 4.76. The van der Waals surface area contributed by atoms with Gasteiger partial charge in [-0.1, -0.05) is 32.6 Å². The highest BCUT2D eigenvalue weighted by atomic mass is 14.6. The molecule has 1 fully saturated rings. The Balaban J connectivity index is 1.92. The average molecular weight is 155 g/mol. The molecule has 1 aliphatic rings. The van der Waals surface area contributed by atoms with Crippen LogP contribution in [0, 0.1) is 5.92 Å². The van der Waals surface area contributed by atoms with Gasteiger partial charge in [0, 0.05) is 6.04 Å². The Morgan fingerprint density at radius 1 is 1.36 bits per heavy atom. The lowest BCUT2D eigenvalue weighted by molar-refractivity contribution is 0.280. The van der Waals surface area contributed by atoms with Crippen molar-refractivity contribution < 1.29 is 0 Å². The van der Waals surface area contributed by atoms with E-state index in [1.54, 1.807) is 0 Å². The van der Waals surface area contributed by atoms with Crippen LogP contribution >= 0.6 is 0 Å². The lowest BCUT2D eigenvalue weighted by Gasteiger charge is -2.26. The van der Waals surface area contributed by atoms with E-state index in [1.807, 2.05) is 0 Å². The molecule has 0 bridgehead atoms. The molecule has 1 nitrogen and oxygen atoms in total. The molecule has 1 saturated carbocycles. The second-order valence-electron chi connectivity index (χ2n) is 3.92. The quantitative estimate of drug-likeness (QED) is 0.649. The average Bonchev–Trinajstić information content (AvgIpc) is 1.85. The van der Waals surface area contributed by atoms with Crippen LogP contribution in [0.2, 0.25) is 0 Å². The molecule has 1 unspecified atom stereocenters. The Kier molecular flexibility index (Phi) is 3.92. The molecule has 0 aliphatic heterocycles. The van der Waals surface area contributed by atoms with Crippen molar-refractivity contribution >= 4 is 0 Å². The zero-order chi connectivity index (χ0) is 8.10. The number of nitrogens with two attached hydrogens (primary N) is 1. The van der Waals surface area contributed by atoms with Crippen molar-refractivity contribution in [1.29, 1.82) is 0 Å². The van der Waals surface area contributed by atoms with Crippen molar-refractivity contribution in [2.24, 2.45) is 11.7 Å². The van der Waals surface area contributed by atoms with Gasteiger partial charge in [-0.25, -0.2) is 0 Å². The number of hydrogen-bond donors (Lipinski definition) is 1. The minimum Gasteiger partial charge on any atom is -0.328 e. The zero-order valence-electron chi connectivity index (χ0n) is 7.68. The summed E-state index contributed by atoms with van der Waals surface area (Å²) in [6.45, 7) is 2.21. The first-order valence-electron chi connectivity index (χ1n) is 5.08. The highest BCUT2D eigenvalue weighted by molar-refractivity contribution is 4.72. The van der Waals surface area contributed by atoms with Crippen molar-refractivity contribution in [1.82, 2.24) is 0 Å². The van der Waals surface area contributed by atoms with Crippen molar-refractivity contribution in [3.05, 3.63) is 0 Å². The Morgan fingerprint density at radius 3 is 2.55 bits per heavy atom. The smallest absolute Gasteiger partial charge is 0.00388 e. The Morgan fingerprint density at radius 2 is 2.09 bits per heavy atom. The van der Waals surface area contributed by atoms with E-state index in [0.717, 1.165) is 5.92 Å². The van der Waals surface area contributed by atoms with E-state index in [-0.39, 0.29) is 0 Å². The highest BCUT2D eigenvalue weighted by Gasteiger charge is 2.17. The van der Waals surface area contributed by atoms with Crippen molar-refractivity contribution in [3.63, 3.8) is 0 Å². The van der Waals surface area contributed by atoms with Crippen LogP contribution in [0.3, 0.4) is 0 Å². The lowest BCUT2D eigenvalue weighted by atomic mass is 9.81. The minimum atomic E-state index is 0.487. The van der Waals surface area contributed by atoms with Crippen LogP contribution in [0.1, 0.15) is 51.9 Å². The normalized spacial score (nSPS) is 21.3. The maximum Gasteiger partial charge on any atom is 0.00388 e. The molecule has 0 aromatic heterocycles. The summed E-state index contributed by atoms with van der Waals surface area (Å²) in [7, 11) is 0. The van der Waals surface area contributed by atoms with E-state index in [1.165, 1.54) is 44.9 Å². The molecule has 0 radical (unpaired) electrons. The van der Waals surface area contributed by atoms with Gasteiger partial charge in [0.25, 0.3) is 0 Å². The molecule has 0 heterocycles. The van der Waals surface area contributed by atoms with E-state index in [9.17, 15) is 0 Å².